The molecule has 1 amide bonds. The van der Waals surface area contributed by atoms with E-state index < -0.39 is 5.82 Å². The molecule has 0 spiro atoms. The maximum atomic E-state index is 14.1. The monoisotopic (exact) mass is 457 g/mol. The minimum absolute atomic E-state index is 0.0663. The lowest BCUT2D eigenvalue weighted by molar-refractivity contribution is 0.0547. The molecule has 1 saturated heterocycles. The summed E-state index contributed by atoms with van der Waals surface area (Å²) >= 11 is 5.86. The number of nitrogens with one attached hydrogen (secondary N) is 1. The van der Waals surface area contributed by atoms with Crippen LogP contribution in [0.4, 0.5) is 4.39 Å². The number of rotatable bonds is 2. The summed E-state index contributed by atoms with van der Waals surface area (Å²) in [6.45, 7) is 12.6. The number of pyridine rings is 1. The Hall–Kier alpha value is -2.44. The Morgan fingerprint density at radius 2 is 2.00 bits per heavy atom. The summed E-state index contributed by atoms with van der Waals surface area (Å²) in [7, 11) is 0. The standard InChI is InChI=1S/C25H29ClFN3O2/c1-24(2,3)16-12-19(15-7-8-17(26)18(27)11-15)29-20-13-21(32-22(16)20)23(31)30-10-6-9-28-14-25(30,4)5/h7-8,11-13,28H,6,9-10,14H2,1-5H3. The van der Waals surface area contributed by atoms with Gasteiger partial charge in [0, 0.05) is 30.3 Å². The molecule has 0 bridgehead atoms. The number of carbonyl (C=O) groups is 1. The van der Waals surface area contributed by atoms with Gasteiger partial charge >= 0.3 is 0 Å². The van der Waals surface area contributed by atoms with Gasteiger partial charge in [0.1, 0.15) is 11.3 Å². The number of hydrogen-bond donors (Lipinski definition) is 1. The van der Waals surface area contributed by atoms with Gasteiger partial charge in [0.05, 0.1) is 16.3 Å². The largest absolute Gasteiger partial charge is 0.449 e. The van der Waals surface area contributed by atoms with Gasteiger partial charge in [0.2, 0.25) is 0 Å². The third-order valence-electron chi connectivity index (χ3n) is 5.98. The van der Waals surface area contributed by atoms with Crippen molar-refractivity contribution in [3.63, 3.8) is 0 Å². The Labute approximate surface area is 192 Å². The number of aromatic nitrogens is 1. The van der Waals surface area contributed by atoms with E-state index in [1.54, 1.807) is 12.1 Å². The Balaban J connectivity index is 1.83. The van der Waals surface area contributed by atoms with Crippen LogP contribution in [0.5, 0.6) is 0 Å². The van der Waals surface area contributed by atoms with Gasteiger partial charge in [-0.25, -0.2) is 9.37 Å². The minimum atomic E-state index is -0.497. The van der Waals surface area contributed by atoms with Crippen molar-refractivity contribution in [2.24, 2.45) is 0 Å². The Morgan fingerprint density at radius 3 is 2.69 bits per heavy atom. The topological polar surface area (TPSA) is 58.4 Å². The van der Waals surface area contributed by atoms with Gasteiger partial charge in [-0.05, 0) is 50.4 Å². The predicted octanol–water partition coefficient (Wildman–Crippen LogP) is 5.80. The van der Waals surface area contributed by atoms with Crippen LogP contribution in [0, 0.1) is 5.82 Å². The van der Waals surface area contributed by atoms with Crippen molar-refractivity contribution in [3.05, 3.63) is 52.5 Å². The number of benzene rings is 1. The molecular formula is C25H29ClFN3O2. The van der Waals surface area contributed by atoms with Gasteiger partial charge < -0.3 is 14.6 Å². The summed E-state index contributed by atoms with van der Waals surface area (Å²) < 4.78 is 20.2. The van der Waals surface area contributed by atoms with E-state index in [0.717, 1.165) is 25.1 Å². The molecule has 4 rings (SSSR count). The minimum Gasteiger partial charge on any atom is -0.449 e. The average molecular weight is 458 g/mol. The lowest BCUT2D eigenvalue weighted by Crippen LogP contribution is -2.51. The number of amides is 1. The molecular weight excluding hydrogens is 429 g/mol. The number of furan rings is 1. The van der Waals surface area contributed by atoms with Gasteiger partial charge in [-0.2, -0.15) is 0 Å². The van der Waals surface area contributed by atoms with E-state index in [0.29, 0.717) is 28.9 Å². The molecule has 0 radical (unpaired) electrons. The first-order chi connectivity index (χ1) is 15.0. The molecule has 7 heteroatoms. The van der Waals surface area contributed by atoms with Crippen molar-refractivity contribution in [1.29, 1.82) is 0 Å². The van der Waals surface area contributed by atoms with E-state index in [1.165, 1.54) is 12.1 Å². The van der Waals surface area contributed by atoms with E-state index in [-0.39, 0.29) is 27.6 Å². The van der Waals surface area contributed by atoms with Crippen LogP contribution in [0.25, 0.3) is 22.4 Å². The molecule has 3 heterocycles. The number of halogens is 2. The molecule has 1 fully saturated rings. The zero-order valence-electron chi connectivity index (χ0n) is 19.2. The molecule has 0 atom stereocenters. The van der Waals surface area contributed by atoms with Gasteiger partial charge in [0.25, 0.3) is 5.91 Å². The average Bonchev–Trinajstić information content (AvgIpc) is 3.06. The first-order valence-corrected chi connectivity index (χ1v) is 11.3. The summed E-state index contributed by atoms with van der Waals surface area (Å²) in [6, 6.07) is 8.25. The number of hydrogen-bond acceptors (Lipinski definition) is 4. The second kappa shape index (κ2) is 8.16. The highest BCUT2D eigenvalue weighted by Gasteiger charge is 2.34. The van der Waals surface area contributed by atoms with Crippen molar-refractivity contribution in [2.45, 2.75) is 52.0 Å². The van der Waals surface area contributed by atoms with Crippen LogP contribution in [0.15, 0.2) is 34.7 Å². The maximum absolute atomic E-state index is 14.1. The van der Waals surface area contributed by atoms with Crippen molar-refractivity contribution in [3.8, 4) is 11.3 Å². The van der Waals surface area contributed by atoms with Gasteiger partial charge in [-0.15, -0.1) is 0 Å². The highest BCUT2D eigenvalue weighted by Crippen LogP contribution is 2.36. The molecule has 3 aromatic rings. The van der Waals surface area contributed by atoms with Crippen LogP contribution < -0.4 is 5.32 Å². The Morgan fingerprint density at radius 1 is 1.25 bits per heavy atom. The molecule has 32 heavy (non-hydrogen) atoms. The smallest absolute Gasteiger partial charge is 0.290 e. The summed E-state index contributed by atoms with van der Waals surface area (Å²) in [4.78, 5) is 20.0. The zero-order chi connectivity index (χ0) is 23.3. The molecule has 2 aromatic heterocycles. The third-order valence-corrected chi connectivity index (χ3v) is 6.29. The second-order valence-electron chi connectivity index (χ2n) is 10.1. The molecule has 0 saturated carbocycles. The van der Waals surface area contributed by atoms with Crippen molar-refractivity contribution < 1.29 is 13.6 Å². The highest BCUT2D eigenvalue weighted by atomic mass is 35.5. The van der Waals surface area contributed by atoms with Crippen LogP contribution in [-0.4, -0.2) is 41.0 Å². The normalized spacial score (nSPS) is 16.9. The predicted molar refractivity (Wildman–Crippen MR) is 126 cm³/mol. The molecule has 170 valence electrons. The quantitative estimate of drug-likeness (QED) is 0.528. The van der Waals surface area contributed by atoms with Gasteiger partial charge in [-0.3, -0.25) is 4.79 Å². The summed E-state index contributed by atoms with van der Waals surface area (Å²) in [6.07, 6.45) is 0.882. The molecule has 1 aliphatic rings. The fourth-order valence-corrected chi connectivity index (χ4v) is 4.27. The summed E-state index contributed by atoms with van der Waals surface area (Å²) in [5.74, 6) is -0.369. The van der Waals surface area contributed by atoms with Crippen molar-refractivity contribution in [1.82, 2.24) is 15.2 Å². The van der Waals surface area contributed by atoms with Crippen molar-refractivity contribution >= 4 is 28.6 Å². The zero-order valence-corrected chi connectivity index (χ0v) is 19.9. The van der Waals surface area contributed by atoms with Gasteiger partial charge in [-0.1, -0.05) is 38.4 Å². The summed E-state index contributed by atoms with van der Waals surface area (Å²) in [5.41, 5.74) is 2.69. The van der Waals surface area contributed by atoms with Gasteiger partial charge in [0.15, 0.2) is 11.3 Å². The van der Waals surface area contributed by atoms with E-state index in [2.05, 4.69) is 39.9 Å². The molecule has 1 aliphatic heterocycles. The number of fused-ring (bicyclic) bond motifs is 1. The first kappa shape index (κ1) is 22.7. The summed E-state index contributed by atoms with van der Waals surface area (Å²) in [5, 5.41) is 3.45. The Bertz CT molecular complexity index is 1180. The van der Waals surface area contributed by atoms with Crippen LogP contribution in [0.2, 0.25) is 5.02 Å². The fraction of sp³-hybridized carbons (Fsp3) is 0.440. The van der Waals surface area contributed by atoms with Crippen LogP contribution in [-0.2, 0) is 5.41 Å². The lowest BCUT2D eigenvalue weighted by atomic mass is 9.86. The van der Waals surface area contributed by atoms with Crippen LogP contribution in [0.1, 0.15) is 57.2 Å². The second-order valence-corrected chi connectivity index (χ2v) is 10.5. The maximum Gasteiger partial charge on any atom is 0.290 e. The Kier molecular flexibility index (Phi) is 5.80. The number of nitrogens with zero attached hydrogens (tertiary/aromatic N) is 2. The highest BCUT2D eigenvalue weighted by molar-refractivity contribution is 6.30. The molecule has 0 aliphatic carbocycles. The fourth-order valence-electron chi connectivity index (χ4n) is 4.15. The molecule has 0 unspecified atom stereocenters. The number of carbonyl (C=O) groups excluding carboxylic acids is 1. The van der Waals surface area contributed by atoms with Crippen molar-refractivity contribution in [2.75, 3.05) is 19.6 Å². The first-order valence-electron chi connectivity index (χ1n) is 10.9. The molecule has 1 aromatic carbocycles. The van der Waals surface area contributed by atoms with E-state index in [9.17, 15) is 9.18 Å². The SMILES string of the molecule is CC(C)(C)c1cc(-c2ccc(Cl)c(F)c2)nc2cc(C(=O)N3CCCNCC3(C)C)oc12. The van der Waals surface area contributed by atoms with Crippen LogP contribution >= 0.6 is 11.6 Å². The molecule has 5 nitrogen and oxygen atoms in total. The van der Waals surface area contributed by atoms with E-state index >= 15 is 0 Å². The van der Waals surface area contributed by atoms with E-state index in [4.69, 9.17) is 21.0 Å². The third kappa shape index (κ3) is 4.26. The van der Waals surface area contributed by atoms with Crippen LogP contribution in [0.3, 0.4) is 0 Å². The lowest BCUT2D eigenvalue weighted by Gasteiger charge is -2.36. The van der Waals surface area contributed by atoms with E-state index in [1.807, 2.05) is 11.0 Å². The molecule has 1 N–H and O–H groups in total.